The van der Waals surface area contributed by atoms with Crippen molar-refractivity contribution in [2.24, 2.45) is 5.92 Å². The topological polar surface area (TPSA) is 62.1 Å². The van der Waals surface area contributed by atoms with Gasteiger partial charge in [-0.15, -0.1) is 0 Å². The smallest absolute Gasteiger partial charge is 0.225 e. The third kappa shape index (κ3) is 2.88. The van der Waals surface area contributed by atoms with Crippen molar-refractivity contribution >= 4 is 5.91 Å². The Hall–Kier alpha value is -1.86. The molecule has 1 heterocycles. The van der Waals surface area contributed by atoms with Crippen LogP contribution >= 0.6 is 0 Å². The van der Waals surface area contributed by atoms with Crippen molar-refractivity contribution < 1.29 is 9.53 Å². The SMILES string of the molecule is CC(NC(=O)C1CCOC1)c1ccc(C#N)cc1. The molecule has 0 aliphatic carbocycles. The number of amides is 1. The monoisotopic (exact) mass is 244 g/mol. The van der Waals surface area contributed by atoms with Gasteiger partial charge in [-0.2, -0.15) is 5.26 Å². The molecule has 18 heavy (non-hydrogen) atoms. The summed E-state index contributed by atoms with van der Waals surface area (Å²) in [5.74, 6) is 0.0233. The van der Waals surface area contributed by atoms with Crippen LogP contribution in [0.15, 0.2) is 24.3 Å². The number of ether oxygens (including phenoxy) is 1. The first-order valence-electron chi connectivity index (χ1n) is 6.09. The van der Waals surface area contributed by atoms with Gasteiger partial charge in [0.05, 0.1) is 30.2 Å². The van der Waals surface area contributed by atoms with Gasteiger partial charge >= 0.3 is 0 Å². The molecule has 1 aliphatic heterocycles. The predicted octanol–water partition coefficient (Wildman–Crippen LogP) is 1.77. The quantitative estimate of drug-likeness (QED) is 0.881. The first-order valence-corrected chi connectivity index (χ1v) is 6.09. The standard InChI is InChI=1S/C14H16N2O2/c1-10(12-4-2-11(8-15)3-5-12)16-14(17)13-6-7-18-9-13/h2-5,10,13H,6-7,9H2,1H3,(H,16,17). The zero-order valence-electron chi connectivity index (χ0n) is 10.3. The van der Waals surface area contributed by atoms with Crippen molar-refractivity contribution in [3.8, 4) is 6.07 Å². The van der Waals surface area contributed by atoms with Gasteiger partial charge in [0.1, 0.15) is 0 Å². The summed E-state index contributed by atoms with van der Waals surface area (Å²) in [6.07, 6.45) is 0.798. The normalized spacial score (nSPS) is 20.1. The van der Waals surface area contributed by atoms with E-state index in [1.54, 1.807) is 12.1 Å². The van der Waals surface area contributed by atoms with Gasteiger partial charge in [0, 0.05) is 6.61 Å². The number of benzene rings is 1. The second-order valence-corrected chi connectivity index (χ2v) is 4.52. The van der Waals surface area contributed by atoms with E-state index >= 15 is 0 Å². The van der Waals surface area contributed by atoms with Crippen molar-refractivity contribution in [1.82, 2.24) is 5.32 Å². The molecule has 1 saturated heterocycles. The molecule has 94 valence electrons. The van der Waals surface area contributed by atoms with E-state index in [1.807, 2.05) is 19.1 Å². The van der Waals surface area contributed by atoms with E-state index in [0.717, 1.165) is 12.0 Å². The van der Waals surface area contributed by atoms with Crippen LogP contribution in [0.1, 0.15) is 30.5 Å². The lowest BCUT2D eigenvalue weighted by Gasteiger charge is -2.16. The average molecular weight is 244 g/mol. The van der Waals surface area contributed by atoms with Crippen LogP contribution in [-0.2, 0) is 9.53 Å². The maximum Gasteiger partial charge on any atom is 0.225 e. The zero-order chi connectivity index (χ0) is 13.0. The average Bonchev–Trinajstić information content (AvgIpc) is 2.92. The predicted molar refractivity (Wildman–Crippen MR) is 66.6 cm³/mol. The lowest BCUT2D eigenvalue weighted by molar-refractivity contribution is -0.125. The lowest BCUT2D eigenvalue weighted by Crippen LogP contribution is -2.33. The minimum Gasteiger partial charge on any atom is -0.381 e. The van der Waals surface area contributed by atoms with Gasteiger partial charge in [-0.05, 0) is 31.0 Å². The Labute approximate surface area is 107 Å². The number of hydrogen-bond donors (Lipinski definition) is 1. The van der Waals surface area contributed by atoms with Crippen molar-refractivity contribution in [3.63, 3.8) is 0 Å². The van der Waals surface area contributed by atoms with Crippen molar-refractivity contribution in [2.75, 3.05) is 13.2 Å². The Morgan fingerprint density at radius 2 is 2.22 bits per heavy atom. The van der Waals surface area contributed by atoms with Gasteiger partial charge in [0.2, 0.25) is 5.91 Å². The molecule has 1 amide bonds. The maximum absolute atomic E-state index is 11.9. The van der Waals surface area contributed by atoms with E-state index in [-0.39, 0.29) is 17.9 Å². The van der Waals surface area contributed by atoms with Crippen molar-refractivity contribution in [2.45, 2.75) is 19.4 Å². The molecule has 0 spiro atoms. The molecule has 0 radical (unpaired) electrons. The first-order chi connectivity index (χ1) is 8.70. The zero-order valence-corrected chi connectivity index (χ0v) is 10.3. The second-order valence-electron chi connectivity index (χ2n) is 4.52. The van der Waals surface area contributed by atoms with Gasteiger partial charge in [-0.25, -0.2) is 0 Å². The lowest BCUT2D eigenvalue weighted by atomic mass is 10.0. The van der Waals surface area contributed by atoms with Crippen molar-refractivity contribution in [3.05, 3.63) is 35.4 Å². The summed E-state index contributed by atoms with van der Waals surface area (Å²) >= 11 is 0. The van der Waals surface area contributed by atoms with E-state index in [1.165, 1.54) is 0 Å². The van der Waals surface area contributed by atoms with Crippen LogP contribution in [-0.4, -0.2) is 19.1 Å². The molecule has 1 aromatic rings. The van der Waals surface area contributed by atoms with Crippen LogP contribution in [0, 0.1) is 17.2 Å². The molecule has 0 saturated carbocycles. The molecule has 2 rings (SSSR count). The molecule has 2 atom stereocenters. The van der Waals surface area contributed by atoms with Crippen molar-refractivity contribution in [1.29, 1.82) is 5.26 Å². The fraction of sp³-hybridized carbons (Fsp3) is 0.429. The third-order valence-electron chi connectivity index (χ3n) is 3.20. The number of hydrogen-bond acceptors (Lipinski definition) is 3. The van der Waals surface area contributed by atoms with Gasteiger partial charge in [-0.1, -0.05) is 12.1 Å². The largest absolute Gasteiger partial charge is 0.381 e. The molecule has 4 nitrogen and oxygen atoms in total. The number of nitrogens with one attached hydrogen (secondary N) is 1. The van der Waals surface area contributed by atoms with Crippen LogP contribution in [0.2, 0.25) is 0 Å². The summed E-state index contributed by atoms with van der Waals surface area (Å²) in [5, 5.41) is 11.7. The van der Waals surface area contributed by atoms with Crippen LogP contribution in [0.5, 0.6) is 0 Å². The van der Waals surface area contributed by atoms with E-state index < -0.39 is 0 Å². The van der Waals surface area contributed by atoms with E-state index in [0.29, 0.717) is 18.8 Å². The number of rotatable bonds is 3. The van der Waals surface area contributed by atoms with Crippen LogP contribution in [0.25, 0.3) is 0 Å². The summed E-state index contributed by atoms with van der Waals surface area (Å²) in [6, 6.07) is 9.29. The minimum atomic E-state index is -0.0501. The third-order valence-corrected chi connectivity index (χ3v) is 3.20. The molecule has 1 fully saturated rings. The number of carbonyl (C=O) groups excluding carboxylic acids is 1. The summed E-state index contributed by atoms with van der Waals surface area (Å²) in [7, 11) is 0. The van der Waals surface area contributed by atoms with Gasteiger partial charge in [-0.3, -0.25) is 4.79 Å². The van der Waals surface area contributed by atoms with Crippen LogP contribution in [0.3, 0.4) is 0 Å². The van der Waals surface area contributed by atoms with E-state index in [2.05, 4.69) is 11.4 Å². The Morgan fingerprint density at radius 3 is 2.78 bits per heavy atom. The minimum absolute atomic E-state index is 0.0224. The highest BCUT2D eigenvalue weighted by atomic mass is 16.5. The Morgan fingerprint density at radius 1 is 1.50 bits per heavy atom. The highest BCUT2D eigenvalue weighted by molar-refractivity contribution is 5.79. The van der Waals surface area contributed by atoms with Crippen LogP contribution in [0.4, 0.5) is 0 Å². The Kier molecular flexibility index (Phi) is 3.96. The molecule has 1 aliphatic rings. The van der Waals surface area contributed by atoms with Gasteiger partial charge in [0.15, 0.2) is 0 Å². The molecule has 4 heteroatoms. The van der Waals surface area contributed by atoms with Gasteiger partial charge in [0.25, 0.3) is 0 Å². The summed E-state index contributed by atoms with van der Waals surface area (Å²) in [5.41, 5.74) is 1.63. The first kappa shape index (κ1) is 12.6. The fourth-order valence-corrected chi connectivity index (χ4v) is 2.00. The van der Waals surface area contributed by atoms with E-state index in [9.17, 15) is 4.79 Å². The fourth-order valence-electron chi connectivity index (χ4n) is 2.00. The molecule has 2 unspecified atom stereocenters. The Bertz CT molecular complexity index is 456. The molecular formula is C14H16N2O2. The second kappa shape index (κ2) is 5.65. The number of nitriles is 1. The van der Waals surface area contributed by atoms with Crippen LogP contribution < -0.4 is 5.32 Å². The number of nitrogens with zero attached hydrogens (tertiary/aromatic N) is 1. The molecule has 1 N–H and O–H groups in total. The summed E-state index contributed by atoms with van der Waals surface area (Å²) < 4.78 is 5.20. The summed E-state index contributed by atoms with van der Waals surface area (Å²) in [4.78, 5) is 11.9. The highest BCUT2D eigenvalue weighted by Crippen LogP contribution is 2.17. The number of carbonyl (C=O) groups is 1. The highest BCUT2D eigenvalue weighted by Gasteiger charge is 2.24. The van der Waals surface area contributed by atoms with Gasteiger partial charge < -0.3 is 10.1 Å². The molecule has 1 aromatic carbocycles. The molecule has 0 bridgehead atoms. The Balaban J connectivity index is 1.96. The van der Waals surface area contributed by atoms with E-state index in [4.69, 9.17) is 10.00 Å². The summed E-state index contributed by atoms with van der Waals surface area (Å²) in [6.45, 7) is 3.13. The maximum atomic E-state index is 11.9. The molecule has 0 aromatic heterocycles. The molecular weight excluding hydrogens is 228 g/mol.